The minimum Gasteiger partial charge on any atom is -0.382 e. The maximum absolute atomic E-state index is 5.94. The normalized spacial score (nSPS) is 16.1. The summed E-state index contributed by atoms with van der Waals surface area (Å²) in [4.78, 5) is 0. The molecule has 3 nitrogen and oxygen atoms in total. The zero-order chi connectivity index (χ0) is 13.9. The first kappa shape index (κ1) is 12.8. The van der Waals surface area contributed by atoms with Crippen LogP contribution in [0.5, 0.6) is 0 Å². The minimum atomic E-state index is 0.451. The van der Waals surface area contributed by atoms with Crippen molar-refractivity contribution in [2.45, 2.75) is 0 Å². The zero-order valence-corrected chi connectivity index (χ0v) is 12.2. The van der Waals surface area contributed by atoms with Gasteiger partial charge in [-0.15, -0.1) is 10.2 Å². The Balaban J connectivity index is 2.00. The molecule has 20 heavy (non-hydrogen) atoms. The summed E-state index contributed by atoms with van der Waals surface area (Å²) >= 11 is 3.43. The molecule has 1 aliphatic heterocycles. The molecule has 1 aliphatic rings. The molecule has 0 atom stereocenters. The van der Waals surface area contributed by atoms with Crippen molar-refractivity contribution in [3.8, 4) is 0 Å². The van der Waals surface area contributed by atoms with Gasteiger partial charge in [0.1, 0.15) is 5.71 Å². The van der Waals surface area contributed by atoms with Crippen LogP contribution in [0.4, 0.5) is 0 Å². The van der Waals surface area contributed by atoms with Crippen LogP contribution >= 0.6 is 15.9 Å². The van der Waals surface area contributed by atoms with Gasteiger partial charge in [-0.2, -0.15) is 0 Å². The van der Waals surface area contributed by atoms with Gasteiger partial charge in [-0.25, -0.2) is 0 Å². The first-order valence-corrected chi connectivity index (χ1v) is 6.98. The molecule has 2 aromatic rings. The number of hydrogen-bond donors (Lipinski definition) is 1. The molecule has 0 bridgehead atoms. The lowest BCUT2D eigenvalue weighted by atomic mass is 10.00. The SMILES string of the molecule is NC1=NN=C(c2ccccc2)/C1=C\c1ccc(Br)cc1. The van der Waals surface area contributed by atoms with Gasteiger partial charge in [0.05, 0.1) is 0 Å². The Morgan fingerprint density at radius 1 is 0.900 bits per heavy atom. The summed E-state index contributed by atoms with van der Waals surface area (Å²) in [6, 6.07) is 18.0. The number of amidine groups is 1. The van der Waals surface area contributed by atoms with E-state index in [0.717, 1.165) is 26.9 Å². The van der Waals surface area contributed by atoms with Gasteiger partial charge in [-0.3, -0.25) is 0 Å². The average molecular weight is 326 g/mol. The summed E-state index contributed by atoms with van der Waals surface area (Å²) in [5, 5.41) is 8.18. The second-order valence-corrected chi connectivity index (χ2v) is 5.33. The van der Waals surface area contributed by atoms with Crippen molar-refractivity contribution in [3.63, 3.8) is 0 Å². The van der Waals surface area contributed by atoms with E-state index in [1.165, 1.54) is 0 Å². The molecule has 0 saturated heterocycles. The van der Waals surface area contributed by atoms with E-state index in [9.17, 15) is 0 Å². The van der Waals surface area contributed by atoms with Crippen molar-refractivity contribution in [2.24, 2.45) is 15.9 Å². The van der Waals surface area contributed by atoms with Gasteiger partial charge in [0.2, 0.25) is 0 Å². The molecule has 2 aromatic carbocycles. The highest BCUT2D eigenvalue weighted by atomic mass is 79.9. The highest BCUT2D eigenvalue weighted by Crippen LogP contribution is 2.19. The molecule has 0 aromatic heterocycles. The predicted octanol–water partition coefficient (Wildman–Crippen LogP) is 3.61. The van der Waals surface area contributed by atoms with Gasteiger partial charge in [0, 0.05) is 15.6 Å². The molecule has 0 aliphatic carbocycles. The number of nitrogens with two attached hydrogens (primary N) is 1. The first-order chi connectivity index (χ1) is 9.74. The molecule has 2 N–H and O–H groups in total. The lowest BCUT2D eigenvalue weighted by Crippen LogP contribution is -2.17. The Morgan fingerprint density at radius 2 is 1.60 bits per heavy atom. The Kier molecular flexibility index (Phi) is 3.48. The predicted molar refractivity (Wildman–Crippen MR) is 86.7 cm³/mol. The summed E-state index contributed by atoms with van der Waals surface area (Å²) in [5.41, 5.74) is 9.69. The van der Waals surface area contributed by atoms with Crippen LogP contribution in [-0.2, 0) is 0 Å². The van der Waals surface area contributed by atoms with Crippen LogP contribution < -0.4 is 5.73 Å². The molecule has 98 valence electrons. The molecule has 0 saturated carbocycles. The molecule has 3 rings (SSSR count). The van der Waals surface area contributed by atoms with E-state index in [1.54, 1.807) is 0 Å². The van der Waals surface area contributed by atoms with Crippen molar-refractivity contribution in [1.82, 2.24) is 0 Å². The van der Waals surface area contributed by atoms with E-state index in [2.05, 4.69) is 26.1 Å². The highest BCUT2D eigenvalue weighted by Gasteiger charge is 2.18. The van der Waals surface area contributed by atoms with E-state index in [0.29, 0.717) is 5.84 Å². The second kappa shape index (κ2) is 5.43. The quantitative estimate of drug-likeness (QED) is 0.900. The van der Waals surface area contributed by atoms with Crippen LogP contribution in [0.1, 0.15) is 11.1 Å². The maximum atomic E-state index is 5.94. The number of benzene rings is 2. The second-order valence-electron chi connectivity index (χ2n) is 4.41. The average Bonchev–Trinajstić information content (AvgIpc) is 2.84. The Hall–Kier alpha value is -2.20. The van der Waals surface area contributed by atoms with E-state index in [4.69, 9.17) is 5.73 Å². The van der Waals surface area contributed by atoms with Crippen molar-refractivity contribution in [3.05, 3.63) is 75.8 Å². The van der Waals surface area contributed by atoms with Crippen LogP contribution in [-0.4, -0.2) is 11.5 Å². The minimum absolute atomic E-state index is 0.451. The fraction of sp³-hybridized carbons (Fsp3) is 0. The van der Waals surface area contributed by atoms with Crippen LogP contribution in [0.25, 0.3) is 6.08 Å². The number of halogens is 1. The molecular formula is C16H12BrN3. The molecule has 4 heteroatoms. The lowest BCUT2D eigenvalue weighted by molar-refractivity contribution is 1.26. The van der Waals surface area contributed by atoms with Gasteiger partial charge in [0.15, 0.2) is 5.84 Å². The fourth-order valence-electron chi connectivity index (χ4n) is 2.01. The zero-order valence-electron chi connectivity index (χ0n) is 10.6. The fourth-order valence-corrected chi connectivity index (χ4v) is 2.27. The maximum Gasteiger partial charge on any atom is 0.155 e. The van der Waals surface area contributed by atoms with Gasteiger partial charge in [0.25, 0.3) is 0 Å². The molecule has 1 heterocycles. The van der Waals surface area contributed by atoms with Gasteiger partial charge in [-0.05, 0) is 23.8 Å². The van der Waals surface area contributed by atoms with Crippen LogP contribution in [0.3, 0.4) is 0 Å². The van der Waals surface area contributed by atoms with Gasteiger partial charge in [-0.1, -0.05) is 58.4 Å². The van der Waals surface area contributed by atoms with E-state index in [-0.39, 0.29) is 0 Å². The number of hydrogen-bond acceptors (Lipinski definition) is 3. The van der Waals surface area contributed by atoms with Crippen LogP contribution in [0, 0.1) is 0 Å². The first-order valence-electron chi connectivity index (χ1n) is 6.18. The van der Waals surface area contributed by atoms with Gasteiger partial charge < -0.3 is 5.73 Å². The number of nitrogens with zero attached hydrogens (tertiary/aromatic N) is 2. The van der Waals surface area contributed by atoms with E-state index < -0.39 is 0 Å². The van der Waals surface area contributed by atoms with Crippen molar-refractivity contribution < 1.29 is 0 Å². The Bertz CT molecular complexity index is 713. The third kappa shape index (κ3) is 2.56. The lowest BCUT2D eigenvalue weighted by Gasteiger charge is -2.04. The third-order valence-corrected chi connectivity index (χ3v) is 3.55. The molecular weight excluding hydrogens is 314 g/mol. The summed E-state index contributed by atoms with van der Waals surface area (Å²) in [5.74, 6) is 0.451. The molecule has 0 unspecified atom stereocenters. The largest absolute Gasteiger partial charge is 0.382 e. The standard InChI is InChI=1S/C16H12BrN3/c17-13-8-6-11(7-9-13)10-14-15(19-20-16(14)18)12-4-2-1-3-5-12/h1-10H,(H2,18,20)/b14-10+. The third-order valence-electron chi connectivity index (χ3n) is 3.02. The molecule has 0 fully saturated rings. The smallest absolute Gasteiger partial charge is 0.155 e. The van der Waals surface area contributed by atoms with Crippen molar-refractivity contribution >= 4 is 33.6 Å². The monoisotopic (exact) mass is 325 g/mol. The molecule has 0 amide bonds. The van der Waals surface area contributed by atoms with Crippen molar-refractivity contribution in [2.75, 3.05) is 0 Å². The molecule has 0 spiro atoms. The topological polar surface area (TPSA) is 50.7 Å². The van der Waals surface area contributed by atoms with Crippen LogP contribution in [0.2, 0.25) is 0 Å². The van der Waals surface area contributed by atoms with Crippen molar-refractivity contribution in [1.29, 1.82) is 0 Å². The van der Waals surface area contributed by atoms with Gasteiger partial charge >= 0.3 is 0 Å². The van der Waals surface area contributed by atoms with E-state index in [1.807, 2.05) is 60.7 Å². The van der Waals surface area contributed by atoms with E-state index >= 15 is 0 Å². The highest BCUT2D eigenvalue weighted by molar-refractivity contribution is 9.10. The number of rotatable bonds is 2. The summed E-state index contributed by atoms with van der Waals surface area (Å²) in [6.45, 7) is 0. The Labute approximate surface area is 125 Å². The summed E-state index contributed by atoms with van der Waals surface area (Å²) in [6.07, 6.45) is 2.00. The summed E-state index contributed by atoms with van der Waals surface area (Å²) in [7, 11) is 0. The summed E-state index contributed by atoms with van der Waals surface area (Å²) < 4.78 is 1.05. The Morgan fingerprint density at radius 3 is 2.30 bits per heavy atom. The molecule has 0 radical (unpaired) electrons. The van der Waals surface area contributed by atoms with Crippen LogP contribution in [0.15, 0.2) is 74.8 Å².